The maximum atomic E-state index is 12.3. The van der Waals surface area contributed by atoms with Crippen molar-refractivity contribution in [3.05, 3.63) is 35.4 Å². The van der Waals surface area contributed by atoms with Crippen LogP contribution in [0.3, 0.4) is 0 Å². The minimum atomic E-state index is -3.99. The minimum absolute atomic E-state index is 0.139. The van der Waals surface area contributed by atoms with Crippen LogP contribution in [-0.2, 0) is 10.0 Å². The van der Waals surface area contributed by atoms with E-state index in [1.54, 1.807) is 31.3 Å². The lowest BCUT2D eigenvalue weighted by molar-refractivity contribution is 0.429. The largest absolute Gasteiger partial charge is 0.335 e. The van der Waals surface area contributed by atoms with Gasteiger partial charge in [-0.3, -0.25) is 4.40 Å². The fourth-order valence-corrected chi connectivity index (χ4v) is 3.26. The summed E-state index contributed by atoms with van der Waals surface area (Å²) in [7, 11) is -3.99. The number of imidazole rings is 1. The molecule has 0 aliphatic carbocycles. The maximum absolute atomic E-state index is 12.3. The first kappa shape index (κ1) is 12.9. The van der Waals surface area contributed by atoms with E-state index in [4.69, 9.17) is 16.1 Å². The van der Waals surface area contributed by atoms with Gasteiger partial charge >= 0.3 is 6.01 Å². The van der Waals surface area contributed by atoms with Gasteiger partial charge in [0, 0.05) is 6.20 Å². The summed E-state index contributed by atoms with van der Waals surface area (Å²) in [6, 6.07) is 4.80. The highest BCUT2D eigenvalue weighted by molar-refractivity contribution is 7.92. The molecular weight excluding hydrogens is 306 g/mol. The molecule has 0 atom stereocenters. The predicted octanol–water partition coefficient (Wildman–Crippen LogP) is 1.48. The lowest BCUT2D eigenvalue weighted by atomic mass is 10.5. The van der Waals surface area contributed by atoms with Crippen molar-refractivity contribution < 1.29 is 12.9 Å². The fraction of sp³-hybridized carbons (Fsp3) is 0.100. The highest BCUT2D eigenvalue weighted by Gasteiger charge is 2.26. The molecule has 1 N–H and O–H groups in total. The van der Waals surface area contributed by atoms with Crippen molar-refractivity contribution in [3.63, 3.8) is 0 Å². The number of halogens is 1. The third-order valence-electron chi connectivity index (χ3n) is 2.45. The van der Waals surface area contributed by atoms with Crippen molar-refractivity contribution in [1.82, 2.24) is 19.5 Å². The molecule has 10 heteroatoms. The summed E-state index contributed by atoms with van der Waals surface area (Å²) < 4.78 is 32.9. The van der Waals surface area contributed by atoms with Crippen LogP contribution in [0, 0.1) is 6.92 Å². The Morgan fingerprint density at radius 3 is 2.85 bits per heavy atom. The first-order valence-corrected chi connectivity index (χ1v) is 7.29. The Labute approximate surface area is 118 Å². The first-order chi connectivity index (χ1) is 9.47. The summed E-state index contributed by atoms with van der Waals surface area (Å²) in [6.45, 7) is 1.57. The molecule has 0 unspecified atom stereocenters. The Balaban J connectivity index is 2.11. The van der Waals surface area contributed by atoms with Crippen LogP contribution in [0.5, 0.6) is 0 Å². The second-order valence-electron chi connectivity index (χ2n) is 3.89. The molecule has 0 aliphatic rings. The van der Waals surface area contributed by atoms with Crippen LogP contribution in [-0.4, -0.2) is 27.9 Å². The number of pyridine rings is 1. The topological polar surface area (TPSA) is 102 Å². The molecule has 0 aromatic carbocycles. The molecule has 0 saturated heterocycles. The van der Waals surface area contributed by atoms with Crippen LogP contribution in [0.4, 0.5) is 6.01 Å². The molecule has 3 aromatic rings. The average Bonchev–Trinajstić information content (AvgIpc) is 2.91. The molecule has 0 aliphatic heterocycles. The number of nitrogens with one attached hydrogen (secondary N) is 1. The van der Waals surface area contributed by atoms with Gasteiger partial charge in [0.2, 0.25) is 0 Å². The number of rotatable bonds is 3. The van der Waals surface area contributed by atoms with Crippen LogP contribution in [0.15, 0.2) is 33.9 Å². The summed E-state index contributed by atoms with van der Waals surface area (Å²) in [5.74, 6) is 0.312. The summed E-state index contributed by atoms with van der Waals surface area (Å²) in [6.07, 6.45) is 1.54. The molecule has 0 fully saturated rings. The minimum Gasteiger partial charge on any atom is -0.314 e. The van der Waals surface area contributed by atoms with Crippen molar-refractivity contribution in [2.75, 3.05) is 4.72 Å². The first-order valence-electron chi connectivity index (χ1n) is 5.43. The number of hydrogen-bond acceptors (Lipinski definition) is 6. The molecule has 3 rings (SSSR count). The zero-order valence-corrected chi connectivity index (χ0v) is 11.7. The van der Waals surface area contributed by atoms with Crippen LogP contribution >= 0.6 is 11.6 Å². The SMILES string of the molecule is Cc1noc(NS(=O)(=O)c2c(Cl)nc3ccccn23)n1. The molecule has 8 nitrogen and oxygen atoms in total. The van der Waals surface area contributed by atoms with Crippen molar-refractivity contribution in [2.45, 2.75) is 11.9 Å². The molecule has 3 heterocycles. The second kappa shape index (κ2) is 4.46. The highest BCUT2D eigenvalue weighted by atomic mass is 35.5. The lowest BCUT2D eigenvalue weighted by Gasteiger charge is -2.03. The lowest BCUT2D eigenvalue weighted by Crippen LogP contribution is -2.15. The van der Waals surface area contributed by atoms with Gasteiger partial charge in [0.15, 0.2) is 16.0 Å². The van der Waals surface area contributed by atoms with Gasteiger partial charge in [0.05, 0.1) is 0 Å². The normalized spacial score (nSPS) is 11.9. The molecule has 0 bridgehead atoms. The van der Waals surface area contributed by atoms with Gasteiger partial charge in [-0.05, 0) is 19.1 Å². The van der Waals surface area contributed by atoms with Gasteiger partial charge in [-0.15, -0.1) is 0 Å². The van der Waals surface area contributed by atoms with Crippen molar-refractivity contribution >= 4 is 33.3 Å². The van der Waals surface area contributed by atoms with E-state index < -0.39 is 10.0 Å². The van der Waals surface area contributed by atoms with Gasteiger partial charge in [0.1, 0.15) is 5.65 Å². The van der Waals surface area contributed by atoms with E-state index in [9.17, 15) is 8.42 Å². The van der Waals surface area contributed by atoms with Crippen molar-refractivity contribution in [2.24, 2.45) is 0 Å². The third-order valence-corrected chi connectivity index (χ3v) is 4.17. The molecule has 0 radical (unpaired) electrons. The van der Waals surface area contributed by atoms with Gasteiger partial charge in [-0.2, -0.15) is 13.4 Å². The van der Waals surface area contributed by atoms with E-state index >= 15 is 0 Å². The van der Waals surface area contributed by atoms with E-state index in [1.165, 1.54) is 4.40 Å². The standard InChI is InChI=1S/C10H8ClN5O3S/c1-6-12-10(19-14-6)15-20(17,18)9-8(11)13-7-4-2-3-5-16(7)9/h2-5H,1H3,(H,12,14,15). The number of anilines is 1. The summed E-state index contributed by atoms with van der Waals surface area (Å²) >= 11 is 5.91. The van der Waals surface area contributed by atoms with E-state index in [-0.39, 0.29) is 16.2 Å². The average molecular weight is 314 g/mol. The summed E-state index contributed by atoms with van der Waals surface area (Å²) in [5, 5.41) is 3.17. The van der Waals surface area contributed by atoms with Crippen molar-refractivity contribution in [1.29, 1.82) is 0 Å². The highest BCUT2D eigenvalue weighted by Crippen LogP contribution is 2.24. The number of hydrogen-bond donors (Lipinski definition) is 1. The van der Waals surface area contributed by atoms with Gasteiger partial charge in [-0.25, -0.2) is 9.71 Å². The van der Waals surface area contributed by atoms with E-state index in [0.29, 0.717) is 11.5 Å². The maximum Gasteiger partial charge on any atom is 0.335 e. The number of aromatic nitrogens is 4. The molecule has 0 saturated carbocycles. The van der Waals surface area contributed by atoms with E-state index in [1.807, 2.05) is 0 Å². The number of nitrogens with zero attached hydrogens (tertiary/aromatic N) is 4. The smallest absolute Gasteiger partial charge is 0.314 e. The van der Waals surface area contributed by atoms with Gasteiger partial charge in [0.25, 0.3) is 10.0 Å². The zero-order valence-electron chi connectivity index (χ0n) is 10.1. The second-order valence-corrected chi connectivity index (χ2v) is 5.84. The monoisotopic (exact) mass is 313 g/mol. The van der Waals surface area contributed by atoms with Gasteiger partial charge < -0.3 is 4.52 Å². The van der Waals surface area contributed by atoms with Crippen LogP contribution in [0.25, 0.3) is 5.65 Å². The van der Waals surface area contributed by atoms with E-state index in [2.05, 4.69) is 19.8 Å². The summed E-state index contributed by atoms with van der Waals surface area (Å²) in [5.41, 5.74) is 0.416. The quantitative estimate of drug-likeness (QED) is 0.785. The van der Waals surface area contributed by atoms with Crippen LogP contribution in [0.2, 0.25) is 5.15 Å². The predicted molar refractivity (Wildman–Crippen MR) is 70.0 cm³/mol. The Morgan fingerprint density at radius 2 is 2.15 bits per heavy atom. The Morgan fingerprint density at radius 1 is 1.35 bits per heavy atom. The number of sulfonamides is 1. The number of fused-ring (bicyclic) bond motifs is 1. The molecule has 3 aromatic heterocycles. The molecule has 0 spiro atoms. The van der Waals surface area contributed by atoms with Gasteiger partial charge in [-0.1, -0.05) is 22.8 Å². The molecule has 0 amide bonds. The molecule has 104 valence electrons. The number of aryl methyl sites for hydroxylation is 1. The Kier molecular flexibility index (Phi) is 2.87. The zero-order chi connectivity index (χ0) is 14.3. The van der Waals surface area contributed by atoms with Crippen molar-refractivity contribution in [3.8, 4) is 0 Å². The van der Waals surface area contributed by atoms with Crippen LogP contribution in [0.1, 0.15) is 5.82 Å². The molecular formula is C10H8ClN5O3S. The fourth-order valence-electron chi connectivity index (χ4n) is 1.69. The Bertz CT molecular complexity index is 885. The van der Waals surface area contributed by atoms with Crippen LogP contribution < -0.4 is 4.72 Å². The Hall–Kier alpha value is -2.13. The summed E-state index contributed by atoms with van der Waals surface area (Å²) in [4.78, 5) is 7.74. The molecule has 20 heavy (non-hydrogen) atoms. The van der Waals surface area contributed by atoms with E-state index in [0.717, 1.165) is 0 Å². The third kappa shape index (κ3) is 2.10.